The predicted molar refractivity (Wildman–Crippen MR) is 137 cm³/mol. The Hall–Kier alpha value is -2.80. The number of hydrogen-bond donors (Lipinski definition) is 2. The van der Waals surface area contributed by atoms with Gasteiger partial charge in [-0.2, -0.15) is 0 Å². The van der Waals surface area contributed by atoms with Crippen molar-refractivity contribution in [3.63, 3.8) is 0 Å². The first-order valence-electron chi connectivity index (χ1n) is 11.4. The van der Waals surface area contributed by atoms with Crippen molar-refractivity contribution in [2.75, 3.05) is 12.9 Å². The Bertz CT molecular complexity index is 969. The molecule has 0 aliphatic heterocycles. The van der Waals surface area contributed by atoms with Crippen molar-refractivity contribution in [3.05, 3.63) is 108 Å². The lowest BCUT2D eigenvalue weighted by Gasteiger charge is -2.35. The zero-order valence-corrected chi connectivity index (χ0v) is 21.9. The Morgan fingerprint density at radius 3 is 1.60 bits per heavy atom. The summed E-state index contributed by atoms with van der Waals surface area (Å²) in [6, 6.07) is 29.7. The van der Waals surface area contributed by atoms with Gasteiger partial charge in [0.1, 0.15) is 6.04 Å². The van der Waals surface area contributed by atoms with Gasteiger partial charge in [-0.1, -0.05) is 105 Å². The number of methoxy groups -OCH3 is 1. The van der Waals surface area contributed by atoms with E-state index in [1.165, 1.54) is 7.11 Å². The third-order valence-corrected chi connectivity index (χ3v) is 7.54. The first-order valence-corrected chi connectivity index (χ1v) is 12.4. The minimum atomic E-state index is -0.700. The second-order valence-corrected chi connectivity index (χ2v) is 9.78. The maximum Gasteiger partial charge on any atom is 0.328 e. The number of amides is 1. The number of quaternary nitrogens is 1. The summed E-state index contributed by atoms with van der Waals surface area (Å²) in [7, 11) is 1.33. The lowest BCUT2D eigenvalue weighted by molar-refractivity contribution is -0.396. The molecule has 0 saturated carbocycles. The van der Waals surface area contributed by atoms with Gasteiger partial charge in [-0.25, -0.2) is 4.79 Å². The summed E-state index contributed by atoms with van der Waals surface area (Å²) >= 11 is 1.67. The summed E-state index contributed by atoms with van der Waals surface area (Å²) < 4.78 is 4.33. The number of rotatable bonds is 10. The van der Waals surface area contributed by atoms with E-state index in [4.69, 9.17) is 4.74 Å². The van der Waals surface area contributed by atoms with E-state index < -0.39 is 22.8 Å². The molecule has 7 heteroatoms. The highest BCUT2D eigenvalue weighted by molar-refractivity contribution is 8.00. The molecule has 3 rings (SSSR count). The molecular formula is C28H33ClN2O3S. The zero-order valence-electron chi connectivity index (χ0n) is 20.3. The fourth-order valence-electron chi connectivity index (χ4n) is 3.97. The van der Waals surface area contributed by atoms with Crippen LogP contribution in [0.5, 0.6) is 0 Å². The van der Waals surface area contributed by atoms with Crippen LogP contribution in [0.25, 0.3) is 0 Å². The van der Waals surface area contributed by atoms with Crippen LogP contribution in [-0.2, 0) is 19.1 Å². The van der Waals surface area contributed by atoms with E-state index in [1.807, 2.05) is 68.4 Å². The molecule has 0 aromatic heterocycles. The number of ether oxygens (including phenoxy) is 1. The van der Waals surface area contributed by atoms with Gasteiger partial charge in [0.2, 0.25) is 0 Å². The molecule has 0 aliphatic rings. The predicted octanol–water partition coefficient (Wildman–Crippen LogP) is 0.640. The molecule has 3 aromatic carbocycles. The van der Waals surface area contributed by atoms with E-state index in [0.717, 1.165) is 16.7 Å². The number of benzene rings is 3. The van der Waals surface area contributed by atoms with Gasteiger partial charge in [-0.05, 0) is 22.6 Å². The summed E-state index contributed by atoms with van der Waals surface area (Å²) in [5.41, 5.74) is 7.51. The summed E-state index contributed by atoms with van der Waals surface area (Å²) in [4.78, 5) is 25.1. The second kappa shape index (κ2) is 13.3. The summed E-state index contributed by atoms with van der Waals surface area (Å²) in [6.07, 6.45) is 0. The third-order valence-electron chi connectivity index (χ3n) is 5.83. The summed E-state index contributed by atoms with van der Waals surface area (Å²) in [6.45, 7) is 3.75. The molecule has 5 nitrogen and oxygen atoms in total. The minimum absolute atomic E-state index is 0. The Kier molecular flexibility index (Phi) is 10.8. The average Bonchev–Trinajstić information content (AvgIpc) is 2.88. The van der Waals surface area contributed by atoms with Crippen LogP contribution in [0.2, 0.25) is 0 Å². The molecule has 3 aromatic rings. The Morgan fingerprint density at radius 2 is 1.26 bits per heavy atom. The second-order valence-electron chi connectivity index (χ2n) is 8.54. The van der Waals surface area contributed by atoms with Gasteiger partial charge in [0.25, 0.3) is 5.91 Å². The van der Waals surface area contributed by atoms with Crippen molar-refractivity contribution in [2.45, 2.75) is 30.7 Å². The molecule has 2 atom stereocenters. The van der Waals surface area contributed by atoms with Crippen LogP contribution < -0.4 is 23.5 Å². The van der Waals surface area contributed by atoms with Gasteiger partial charge in [-0.15, -0.1) is 11.8 Å². The van der Waals surface area contributed by atoms with Crippen molar-refractivity contribution in [3.8, 4) is 0 Å². The van der Waals surface area contributed by atoms with E-state index in [0.29, 0.717) is 5.75 Å². The summed E-state index contributed by atoms with van der Waals surface area (Å²) in [5.74, 6) is -0.348. The van der Waals surface area contributed by atoms with Crippen molar-refractivity contribution in [2.24, 2.45) is 5.92 Å². The number of carbonyl (C=O) groups is 2. The number of carbonyl (C=O) groups excluding carboxylic acids is 2. The highest BCUT2D eigenvalue weighted by Crippen LogP contribution is 2.48. The van der Waals surface area contributed by atoms with Crippen molar-refractivity contribution < 1.29 is 32.5 Å². The van der Waals surface area contributed by atoms with Gasteiger partial charge in [-0.3, -0.25) is 4.79 Å². The van der Waals surface area contributed by atoms with Crippen molar-refractivity contribution in [1.82, 2.24) is 5.32 Å². The van der Waals surface area contributed by atoms with Gasteiger partial charge in [0.15, 0.2) is 6.04 Å². The SMILES string of the molecule is COC(=O)C(NC(=O)C([NH3+])CSC(c1ccccc1)(c1ccccc1)c1ccccc1)C(C)C.[Cl-]. The molecule has 1 amide bonds. The highest BCUT2D eigenvalue weighted by Gasteiger charge is 2.39. The molecule has 0 bridgehead atoms. The molecule has 35 heavy (non-hydrogen) atoms. The highest BCUT2D eigenvalue weighted by atomic mass is 35.5. The van der Waals surface area contributed by atoms with E-state index >= 15 is 0 Å². The molecule has 0 radical (unpaired) electrons. The summed E-state index contributed by atoms with van der Waals surface area (Å²) in [5, 5.41) is 2.83. The topological polar surface area (TPSA) is 83.0 Å². The molecule has 186 valence electrons. The molecule has 0 heterocycles. The monoisotopic (exact) mass is 512 g/mol. The van der Waals surface area contributed by atoms with E-state index in [2.05, 4.69) is 47.4 Å². The number of thioether (sulfide) groups is 1. The molecule has 4 N–H and O–H groups in total. The number of esters is 1. The van der Waals surface area contributed by atoms with E-state index in [9.17, 15) is 9.59 Å². The third kappa shape index (κ3) is 6.66. The van der Waals surface area contributed by atoms with Gasteiger partial charge < -0.3 is 28.2 Å². The number of nitrogens with one attached hydrogen (secondary N) is 1. The van der Waals surface area contributed by atoms with Crippen molar-refractivity contribution >= 4 is 23.6 Å². The molecule has 2 unspecified atom stereocenters. The Labute approximate surface area is 218 Å². The van der Waals surface area contributed by atoms with Crippen LogP contribution >= 0.6 is 11.8 Å². The maximum atomic E-state index is 13.0. The molecule has 0 saturated heterocycles. The first kappa shape index (κ1) is 28.4. The van der Waals surface area contributed by atoms with Crippen LogP contribution in [0.15, 0.2) is 91.0 Å². The standard InChI is InChI=1S/C28H32N2O3S.ClH/c1-20(2)25(27(32)33-3)30-26(31)24(29)19-34-28(21-13-7-4-8-14-21,22-15-9-5-10-16-22)23-17-11-6-12-18-23;/h4-18,20,24-25H,19,29H2,1-3H3,(H,30,31);1H. The fraction of sp³-hybridized carbons (Fsp3) is 0.286. The quantitative estimate of drug-likeness (QED) is 0.308. The number of hydrogen-bond acceptors (Lipinski definition) is 4. The average molecular weight is 513 g/mol. The van der Waals surface area contributed by atoms with Gasteiger partial charge >= 0.3 is 5.97 Å². The van der Waals surface area contributed by atoms with Crippen LogP contribution in [0.3, 0.4) is 0 Å². The van der Waals surface area contributed by atoms with Crippen molar-refractivity contribution in [1.29, 1.82) is 0 Å². The zero-order chi connectivity index (χ0) is 24.6. The lowest BCUT2D eigenvalue weighted by atomic mass is 9.84. The Balaban J connectivity index is 0.00000432. The molecule has 0 fully saturated rings. The molecular weight excluding hydrogens is 480 g/mol. The van der Waals surface area contributed by atoms with Crippen LogP contribution in [-0.4, -0.2) is 36.8 Å². The lowest BCUT2D eigenvalue weighted by Crippen LogP contribution is -3.00. The maximum absolute atomic E-state index is 13.0. The van der Waals surface area contributed by atoms with Crippen LogP contribution in [0.4, 0.5) is 0 Å². The van der Waals surface area contributed by atoms with Gasteiger partial charge in [0, 0.05) is 0 Å². The first-order chi connectivity index (χ1) is 16.4. The van der Waals surface area contributed by atoms with Crippen LogP contribution in [0, 0.1) is 5.92 Å². The molecule has 0 aliphatic carbocycles. The largest absolute Gasteiger partial charge is 1.00 e. The minimum Gasteiger partial charge on any atom is -1.00 e. The molecule has 0 spiro atoms. The van der Waals surface area contributed by atoms with Crippen LogP contribution in [0.1, 0.15) is 30.5 Å². The van der Waals surface area contributed by atoms with Gasteiger partial charge in [0.05, 0.1) is 17.6 Å². The number of halogens is 1. The van der Waals surface area contributed by atoms with E-state index in [-0.39, 0.29) is 24.2 Å². The normalized spacial score (nSPS) is 12.8. The fourth-order valence-corrected chi connectivity index (χ4v) is 5.48. The van der Waals surface area contributed by atoms with E-state index in [1.54, 1.807) is 11.8 Å². The smallest absolute Gasteiger partial charge is 0.328 e. The Morgan fingerprint density at radius 1 is 0.857 bits per heavy atom.